The highest BCUT2D eigenvalue weighted by Gasteiger charge is 2.13. The lowest BCUT2D eigenvalue weighted by molar-refractivity contribution is 0.128. The monoisotopic (exact) mass is 294 g/mol. The molecule has 0 aliphatic heterocycles. The first kappa shape index (κ1) is 16.2. The normalized spacial score (nSPS) is 14.9. The van der Waals surface area contributed by atoms with Crippen LogP contribution in [0.1, 0.15) is 6.42 Å². The van der Waals surface area contributed by atoms with Gasteiger partial charge in [-0.05, 0) is 0 Å². The summed E-state index contributed by atoms with van der Waals surface area (Å²) in [4.78, 5) is 0. The summed E-state index contributed by atoms with van der Waals surface area (Å²) < 4.78 is 56.4. The van der Waals surface area contributed by atoms with Crippen LogP contribution in [-0.4, -0.2) is 48.7 Å². The van der Waals surface area contributed by atoms with Crippen molar-refractivity contribution in [1.82, 2.24) is 0 Å². The zero-order chi connectivity index (χ0) is 12.8. The Hall–Kier alpha value is 0.210. The van der Waals surface area contributed by atoms with Crippen molar-refractivity contribution in [3.8, 4) is 0 Å². The predicted molar refractivity (Wildman–Crippen MR) is 60.8 cm³/mol. The molecule has 0 amide bonds. The Balaban J connectivity index is 3.94. The molecule has 0 saturated carbocycles. The van der Waals surface area contributed by atoms with Crippen molar-refractivity contribution >= 4 is 29.7 Å². The minimum Gasteiger partial charge on any atom is -0.360 e. The molecule has 0 saturated heterocycles. The molecule has 0 aliphatic carbocycles. The maximum atomic E-state index is 10.7. The van der Waals surface area contributed by atoms with Crippen LogP contribution in [-0.2, 0) is 33.1 Å². The van der Waals surface area contributed by atoms with Crippen LogP contribution in [0.25, 0.3) is 0 Å². The third kappa shape index (κ3) is 10.7. The van der Waals surface area contributed by atoms with Gasteiger partial charge in [0.15, 0.2) is 0 Å². The van der Waals surface area contributed by atoms with Crippen molar-refractivity contribution in [1.29, 1.82) is 0 Å². The van der Waals surface area contributed by atoms with Gasteiger partial charge < -0.3 is 4.52 Å². The molecule has 98 valence electrons. The molecule has 0 aromatic heterocycles. The average Bonchev–Trinajstić information content (AvgIpc) is 2.07. The molecule has 0 spiro atoms. The van der Waals surface area contributed by atoms with Gasteiger partial charge in [0.2, 0.25) is 0 Å². The molecule has 10 heteroatoms. The molecular formula is C6H15O7PS2. The van der Waals surface area contributed by atoms with Crippen molar-refractivity contribution in [3.05, 3.63) is 0 Å². The van der Waals surface area contributed by atoms with Gasteiger partial charge in [-0.15, -0.1) is 0 Å². The summed E-state index contributed by atoms with van der Waals surface area (Å²) in [6, 6.07) is 0. The molecule has 0 bridgehead atoms. The van der Waals surface area contributed by atoms with Gasteiger partial charge in [0.1, 0.15) is 0 Å². The van der Waals surface area contributed by atoms with Crippen LogP contribution in [0, 0.1) is 0 Å². The van der Waals surface area contributed by atoms with Crippen LogP contribution in [0.4, 0.5) is 0 Å². The summed E-state index contributed by atoms with van der Waals surface area (Å²) in [5.41, 5.74) is 0. The average molecular weight is 294 g/mol. The molecular weight excluding hydrogens is 279 g/mol. The SMILES string of the molecule is CS(=O)(=O)OCC[C@@H](COS(C)(=O)=O)OP. The summed E-state index contributed by atoms with van der Waals surface area (Å²) in [7, 11) is -5.07. The molecule has 0 aromatic carbocycles. The first-order valence-electron chi connectivity index (χ1n) is 4.18. The molecule has 0 aliphatic rings. The number of rotatable bonds is 8. The van der Waals surface area contributed by atoms with Crippen LogP contribution in [0.15, 0.2) is 0 Å². The Morgan fingerprint density at radius 3 is 1.94 bits per heavy atom. The Morgan fingerprint density at radius 1 is 1.06 bits per heavy atom. The summed E-state index contributed by atoms with van der Waals surface area (Å²) in [6.45, 7) is -0.277. The standard InChI is InChI=1S/C6H15O7PS2/c1-15(7,8)11-4-3-6(13-14)5-12-16(2,9)10/h6H,3-5,14H2,1-2H3/t6-/m0/s1. The molecule has 0 fully saturated rings. The fraction of sp³-hybridized carbons (Fsp3) is 1.00. The highest BCUT2D eigenvalue weighted by molar-refractivity contribution is 7.86. The lowest BCUT2D eigenvalue weighted by Gasteiger charge is -2.13. The molecule has 2 atom stereocenters. The molecule has 7 nitrogen and oxygen atoms in total. The smallest absolute Gasteiger partial charge is 0.264 e. The molecule has 0 radical (unpaired) electrons. The van der Waals surface area contributed by atoms with E-state index in [1.807, 2.05) is 9.47 Å². The summed E-state index contributed by atoms with van der Waals surface area (Å²) >= 11 is 0. The van der Waals surface area contributed by atoms with E-state index in [1.54, 1.807) is 0 Å². The maximum Gasteiger partial charge on any atom is 0.264 e. The van der Waals surface area contributed by atoms with Crippen LogP contribution in [0.5, 0.6) is 0 Å². The largest absolute Gasteiger partial charge is 0.360 e. The van der Waals surface area contributed by atoms with E-state index in [1.165, 1.54) is 0 Å². The van der Waals surface area contributed by atoms with Gasteiger partial charge in [-0.2, -0.15) is 16.8 Å². The third-order valence-electron chi connectivity index (χ3n) is 1.40. The van der Waals surface area contributed by atoms with E-state index in [0.29, 0.717) is 0 Å². The highest BCUT2D eigenvalue weighted by atomic mass is 32.2. The summed E-state index contributed by atoms with van der Waals surface area (Å²) in [6.07, 6.45) is 1.48. The fourth-order valence-electron chi connectivity index (χ4n) is 0.721. The van der Waals surface area contributed by atoms with E-state index in [0.717, 1.165) is 12.5 Å². The lowest BCUT2D eigenvalue weighted by atomic mass is 10.3. The van der Waals surface area contributed by atoms with Crippen LogP contribution in [0.3, 0.4) is 0 Å². The van der Waals surface area contributed by atoms with Gasteiger partial charge in [0.05, 0.1) is 31.8 Å². The second-order valence-corrected chi connectivity index (χ2v) is 6.62. The Labute approximate surface area is 98.0 Å². The highest BCUT2D eigenvalue weighted by Crippen LogP contribution is 2.06. The number of hydrogen-bond acceptors (Lipinski definition) is 7. The fourth-order valence-corrected chi connectivity index (χ4v) is 1.73. The van der Waals surface area contributed by atoms with E-state index in [4.69, 9.17) is 4.52 Å². The minimum atomic E-state index is -3.53. The van der Waals surface area contributed by atoms with Gasteiger partial charge in [-0.1, -0.05) is 0 Å². The van der Waals surface area contributed by atoms with E-state index in [2.05, 4.69) is 8.37 Å². The van der Waals surface area contributed by atoms with E-state index >= 15 is 0 Å². The van der Waals surface area contributed by atoms with Gasteiger partial charge in [-0.3, -0.25) is 8.37 Å². The van der Waals surface area contributed by atoms with E-state index in [9.17, 15) is 16.8 Å². The van der Waals surface area contributed by atoms with Crippen LogP contribution in [0.2, 0.25) is 0 Å². The Kier molecular flexibility index (Phi) is 6.92. The molecule has 0 N–H and O–H groups in total. The predicted octanol–water partition coefficient (Wildman–Crippen LogP) is -0.496. The van der Waals surface area contributed by atoms with Gasteiger partial charge in [0, 0.05) is 15.9 Å². The molecule has 0 aromatic rings. The first-order chi connectivity index (χ1) is 7.14. The van der Waals surface area contributed by atoms with Crippen LogP contribution < -0.4 is 0 Å². The Morgan fingerprint density at radius 2 is 1.56 bits per heavy atom. The van der Waals surface area contributed by atoms with Gasteiger partial charge in [-0.25, -0.2) is 0 Å². The minimum absolute atomic E-state index is 0.0922. The second kappa shape index (κ2) is 6.83. The number of hydrogen-bond donors (Lipinski definition) is 0. The quantitative estimate of drug-likeness (QED) is 0.440. The molecule has 0 rings (SSSR count). The van der Waals surface area contributed by atoms with Crippen molar-refractivity contribution < 1.29 is 29.7 Å². The summed E-state index contributed by atoms with van der Waals surface area (Å²) in [5.74, 6) is 0. The van der Waals surface area contributed by atoms with Gasteiger partial charge in [0.25, 0.3) is 20.2 Å². The van der Waals surface area contributed by atoms with Crippen molar-refractivity contribution in [3.63, 3.8) is 0 Å². The molecule has 0 heterocycles. The zero-order valence-electron chi connectivity index (χ0n) is 8.95. The van der Waals surface area contributed by atoms with Crippen molar-refractivity contribution in [2.24, 2.45) is 0 Å². The summed E-state index contributed by atoms with van der Waals surface area (Å²) in [5, 5.41) is 0. The topological polar surface area (TPSA) is 96.0 Å². The molecule has 16 heavy (non-hydrogen) atoms. The van der Waals surface area contributed by atoms with Crippen LogP contribution >= 0.6 is 9.47 Å². The van der Waals surface area contributed by atoms with Crippen molar-refractivity contribution in [2.45, 2.75) is 12.5 Å². The third-order valence-corrected chi connectivity index (χ3v) is 2.94. The van der Waals surface area contributed by atoms with E-state index < -0.39 is 26.3 Å². The Bertz CT molecular complexity index is 387. The second-order valence-electron chi connectivity index (χ2n) is 3.06. The van der Waals surface area contributed by atoms with Gasteiger partial charge >= 0.3 is 0 Å². The van der Waals surface area contributed by atoms with Crippen molar-refractivity contribution in [2.75, 3.05) is 25.7 Å². The lowest BCUT2D eigenvalue weighted by Crippen LogP contribution is -2.21. The maximum absolute atomic E-state index is 10.7. The zero-order valence-corrected chi connectivity index (χ0v) is 11.7. The first-order valence-corrected chi connectivity index (χ1v) is 8.29. The molecule has 1 unspecified atom stereocenters. The van der Waals surface area contributed by atoms with E-state index in [-0.39, 0.29) is 19.6 Å².